The van der Waals surface area contributed by atoms with Crippen LogP contribution in [0.15, 0.2) is 24.5 Å². The van der Waals surface area contributed by atoms with E-state index in [1.165, 1.54) is 6.07 Å². The Morgan fingerprint density at radius 3 is 2.59 bits per heavy atom. The Kier molecular flexibility index (Phi) is 3.10. The van der Waals surface area contributed by atoms with E-state index in [0.717, 1.165) is 18.5 Å². The van der Waals surface area contributed by atoms with Crippen LogP contribution in [0.5, 0.6) is 0 Å². The van der Waals surface area contributed by atoms with E-state index in [1.54, 1.807) is 0 Å². The second-order valence-corrected chi connectivity index (χ2v) is 3.53. The first-order valence-corrected chi connectivity index (χ1v) is 4.92. The predicted molar refractivity (Wildman–Crippen MR) is 57.8 cm³/mol. The molecule has 0 radical (unpaired) electrons. The highest BCUT2D eigenvalue weighted by Gasteiger charge is 2.12. The fraction of sp³-hybridized carbons (Fsp3) is 0. The van der Waals surface area contributed by atoms with Gasteiger partial charge in [-0.15, -0.1) is 0 Å². The summed E-state index contributed by atoms with van der Waals surface area (Å²) in [7, 11) is 0. The summed E-state index contributed by atoms with van der Waals surface area (Å²) in [6.45, 7) is 0. The van der Waals surface area contributed by atoms with E-state index in [9.17, 15) is 13.6 Å². The Morgan fingerprint density at radius 1 is 1.18 bits per heavy atom. The first-order valence-electron chi connectivity index (χ1n) is 4.54. The molecule has 0 aliphatic carbocycles. The summed E-state index contributed by atoms with van der Waals surface area (Å²) < 4.78 is 25.8. The minimum atomic E-state index is -1.02. The lowest BCUT2D eigenvalue weighted by atomic mass is 10.1. The molecule has 0 unspecified atom stereocenters. The number of nitrogens with zero attached hydrogens (tertiary/aromatic N) is 2. The highest BCUT2D eigenvalue weighted by atomic mass is 35.5. The molecule has 1 aromatic carbocycles. The number of hydrogen-bond donors (Lipinski definition) is 0. The van der Waals surface area contributed by atoms with Crippen molar-refractivity contribution < 1.29 is 13.6 Å². The number of rotatable bonds is 2. The summed E-state index contributed by atoms with van der Waals surface area (Å²) in [5.41, 5.74) is 0.467. The minimum Gasteiger partial charge on any atom is -0.298 e. The number of aromatic nitrogens is 2. The Hall–Kier alpha value is -1.88. The molecule has 17 heavy (non-hydrogen) atoms. The van der Waals surface area contributed by atoms with Crippen LogP contribution >= 0.6 is 11.6 Å². The molecule has 0 saturated carbocycles. The Balaban J connectivity index is 2.64. The molecule has 0 spiro atoms. The van der Waals surface area contributed by atoms with Crippen molar-refractivity contribution in [2.75, 3.05) is 0 Å². The summed E-state index contributed by atoms with van der Waals surface area (Å²) in [4.78, 5) is 18.3. The number of halogens is 3. The maximum Gasteiger partial charge on any atom is 0.159 e. The van der Waals surface area contributed by atoms with Gasteiger partial charge in [-0.1, -0.05) is 11.6 Å². The van der Waals surface area contributed by atoms with Crippen molar-refractivity contribution in [1.29, 1.82) is 0 Å². The van der Waals surface area contributed by atoms with Gasteiger partial charge < -0.3 is 0 Å². The molecule has 0 amide bonds. The van der Waals surface area contributed by atoms with E-state index in [-0.39, 0.29) is 22.0 Å². The molecule has 0 atom stereocenters. The number of benzene rings is 1. The van der Waals surface area contributed by atoms with Gasteiger partial charge in [0.1, 0.15) is 11.5 Å². The van der Waals surface area contributed by atoms with Gasteiger partial charge in [-0.05, 0) is 18.2 Å². The highest BCUT2D eigenvalue weighted by Crippen LogP contribution is 2.25. The average molecular weight is 255 g/mol. The van der Waals surface area contributed by atoms with Crippen molar-refractivity contribution in [3.8, 4) is 11.3 Å². The minimum absolute atomic E-state index is 0.0327. The lowest BCUT2D eigenvalue weighted by Crippen LogP contribution is -1.96. The molecule has 2 rings (SSSR count). The maximum absolute atomic E-state index is 13.1. The molecule has 0 saturated heterocycles. The quantitative estimate of drug-likeness (QED) is 0.611. The second-order valence-electron chi connectivity index (χ2n) is 3.17. The molecule has 0 aliphatic rings. The number of carbonyl (C=O) groups excluding carboxylic acids is 1. The molecule has 2 aromatic rings. The molecule has 6 heteroatoms. The van der Waals surface area contributed by atoms with Crippen LogP contribution in [0.25, 0.3) is 11.3 Å². The number of hydrogen-bond acceptors (Lipinski definition) is 3. The van der Waals surface area contributed by atoms with Gasteiger partial charge in [-0.25, -0.2) is 18.7 Å². The third-order valence-corrected chi connectivity index (χ3v) is 2.45. The lowest BCUT2D eigenvalue weighted by Gasteiger charge is -2.05. The van der Waals surface area contributed by atoms with Crippen molar-refractivity contribution >= 4 is 17.9 Å². The van der Waals surface area contributed by atoms with E-state index in [4.69, 9.17) is 11.6 Å². The third-order valence-electron chi connectivity index (χ3n) is 2.15. The van der Waals surface area contributed by atoms with Gasteiger partial charge in [-0.2, -0.15) is 0 Å². The SMILES string of the molecule is O=Cc1c(Cl)ncnc1-c1ccc(F)c(F)c1. The van der Waals surface area contributed by atoms with Crippen LogP contribution in [-0.2, 0) is 0 Å². The van der Waals surface area contributed by atoms with E-state index < -0.39 is 11.6 Å². The highest BCUT2D eigenvalue weighted by molar-refractivity contribution is 6.32. The van der Waals surface area contributed by atoms with Gasteiger partial charge in [0.05, 0.1) is 11.3 Å². The molecular weight excluding hydrogens is 250 g/mol. The van der Waals surface area contributed by atoms with Crippen LogP contribution in [0.4, 0.5) is 8.78 Å². The molecule has 86 valence electrons. The average Bonchev–Trinajstić information content (AvgIpc) is 2.32. The molecule has 0 N–H and O–H groups in total. The van der Waals surface area contributed by atoms with Crippen molar-refractivity contribution in [3.63, 3.8) is 0 Å². The molecule has 3 nitrogen and oxygen atoms in total. The largest absolute Gasteiger partial charge is 0.298 e. The normalized spacial score (nSPS) is 10.3. The van der Waals surface area contributed by atoms with Gasteiger partial charge >= 0.3 is 0 Å². The summed E-state index contributed by atoms with van der Waals surface area (Å²) in [5, 5.41) is -0.0327. The number of aldehydes is 1. The van der Waals surface area contributed by atoms with Gasteiger partial charge in [0.15, 0.2) is 17.9 Å². The van der Waals surface area contributed by atoms with Crippen LogP contribution in [0, 0.1) is 11.6 Å². The summed E-state index contributed by atoms with van der Waals surface area (Å²) in [6.07, 6.45) is 1.62. The first kappa shape index (κ1) is 11.6. The van der Waals surface area contributed by atoms with Crippen molar-refractivity contribution in [1.82, 2.24) is 9.97 Å². The zero-order chi connectivity index (χ0) is 12.4. The van der Waals surface area contributed by atoms with E-state index in [0.29, 0.717) is 6.29 Å². The Labute approximate surface area is 100 Å². The first-order chi connectivity index (χ1) is 8.13. The van der Waals surface area contributed by atoms with Gasteiger partial charge in [0, 0.05) is 5.56 Å². The zero-order valence-corrected chi connectivity index (χ0v) is 9.08. The third kappa shape index (κ3) is 2.14. The maximum atomic E-state index is 13.1. The van der Waals surface area contributed by atoms with E-state index >= 15 is 0 Å². The predicted octanol–water partition coefficient (Wildman–Crippen LogP) is 2.89. The van der Waals surface area contributed by atoms with Crippen LogP contribution in [0.3, 0.4) is 0 Å². The monoisotopic (exact) mass is 254 g/mol. The number of carbonyl (C=O) groups is 1. The second kappa shape index (κ2) is 4.55. The van der Waals surface area contributed by atoms with Crippen molar-refractivity contribution in [3.05, 3.63) is 46.9 Å². The Bertz CT molecular complexity index is 590. The summed E-state index contributed by atoms with van der Waals surface area (Å²) in [6, 6.07) is 3.21. The van der Waals surface area contributed by atoms with Crippen LogP contribution < -0.4 is 0 Å². The molecule has 0 bridgehead atoms. The Morgan fingerprint density at radius 2 is 1.94 bits per heavy atom. The van der Waals surface area contributed by atoms with Crippen molar-refractivity contribution in [2.45, 2.75) is 0 Å². The fourth-order valence-corrected chi connectivity index (χ4v) is 1.53. The molecular formula is C11H5ClF2N2O. The smallest absolute Gasteiger partial charge is 0.159 e. The van der Waals surface area contributed by atoms with Gasteiger partial charge in [0.2, 0.25) is 0 Å². The lowest BCUT2D eigenvalue weighted by molar-refractivity contribution is 0.112. The summed E-state index contributed by atoms with van der Waals surface area (Å²) >= 11 is 5.70. The van der Waals surface area contributed by atoms with E-state index in [1.807, 2.05) is 0 Å². The van der Waals surface area contributed by atoms with E-state index in [2.05, 4.69) is 9.97 Å². The van der Waals surface area contributed by atoms with Crippen LogP contribution in [0.1, 0.15) is 10.4 Å². The topological polar surface area (TPSA) is 42.9 Å². The molecule has 0 fully saturated rings. The van der Waals surface area contributed by atoms with Crippen molar-refractivity contribution in [2.24, 2.45) is 0 Å². The van der Waals surface area contributed by atoms with Gasteiger partial charge in [0.25, 0.3) is 0 Å². The van der Waals surface area contributed by atoms with Crippen LogP contribution in [0.2, 0.25) is 5.15 Å². The zero-order valence-electron chi connectivity index (χ0n) is 8.32. The van der Waals surface area contributed by atoms with Gasteiger partial charge in [-0.3, -0.25) is 4.79 Å². The molecule has 1 aromatic heterocycles. The summed E-state index contributed by atoms with van der Waals surface area (Å²) in [5.74, 6) is -1.99. The fourth-order valence-electron chi connectivity index (χ4n) is 1.35. The standard InChI is InChI=1S/C11H5ClF2N2O/c12-11-7(4-17)10(15-5-16-11)6-1-2-8(13)9(14)3-6/h1-5H. The molecule has 0 aliphatic heterocycles. The van der Waals surface area contributed by atoms with Crippen LogP contribution in [-0.4, -0.2) is 16.3 Å². The molecule has 1 heterocycles.